The van der Waals surface area contributed by atoms with Crippen LogP contribution in [0.3, 0.4) is 0 Å². The molecule has 0 aromatic rings. The summed E-state index contributed by atoms with van der Waals surface area (Å²) in [6.45, 7) is 5.80. The lowest BCUT2D eigenvalue weighted by Gasteiger charge is -2.15. The lowest BCUT2D eigenvalue weighted by Crippen LogP contribution is -2.12. The van der Waals surface area contributed by atoms with Crippen LogP contribution < -0.4 is 0 Å². The van der Waals surface area contributed by atoms with Gasteiger partial charge < -0.3 is 10.2 Å². The summed E-state index contributed by atoms with van der Waals surface area (Å²) in [5.41, 5.74) is 0.310. The van der Waals surface area contributed by atoms with Crippen molar-refractivity contribution in [3.05, 3.63) is 12.2 Å². The fraction of sp³-hybridized carbons (Fsp3) is 0.727. The number of carboxylic acids is 1. The van der Waals surface area contributed by atoms with Gasteiger partial charge in [0.2, 0.25) is 0 Å². The third-order valence-corrected chi connectivity index (χ3v) is 2.37. The van der Waals surface area contributed by atoms with Crippen molar-refractivity contribution >= 4 is 5.97 Å². The zero-order valence-electron chi connectivity index (χ0n) is 8.83. The third kappa shape index (κ3) is 5.02. The number of hydrogen-bond donors (Lipinski definition) is 2. The molecule has 82 valence electrons. The van der Waals surface area contributed by atoms with Gasteiger partial charge in [-0.05, 0) is 25.2 Å². The lowest BCUT2D eigenvalue weighted by molar-refractivity contribution is -0.133. The van der Waals surface area contributed by atoms with Crippen LogP contribution in [0.4, 0.5) is 0 Å². The Labute approximate surface area is 85.4 Å². The largest absolute Gasteiger partial charge is 0.478 e. The molecule has 0 bridgehead atoms. The fourth-order valence-electron chi connectivity index (χ4n) is 1.52. The predicted molar refractivity (Wildman–Crippen MR) is 56.1 cm³/mol. The smallest absolute Gasteiger partial charge is 0.331 e. The van der Waals surface area contributed by atoms with Gasteiger partial charge in [0.1, 0.15) is 0 Å². The first-order valence-corrected chi connectivity index (χ1v) is 5.16. The Balaban J connectivity index is 4.00. The summed E-state index contributed by atoms with van der Waals surface area (Å²) in [5, 5.41) is 17.4. The Hall–Kier alpha value is -0.830. The van der Waals surface area contributed by atoms with Crippen LogP contribution in [-0.4, -0.2) is 22.8 Å². The molecule has 0 aliphatic rings. The van der Waals surface area contributed by atoms with Gasteiger partial charge in [-0.1, -0.05) is 26.3 Å². The van der Waals surface area contributed by atoms with E-state index in [1.165, 1.54) is 0 Å². The second-order valence-electron chi connectivity index (χ2n) is 3.54. The molecule has 1 atom stereocenters. The van der Waals surface area contributed by atoms with Gasteiger partial charge in [-0.15, -0.1) is 0 Å². The summed E-state index contributed by atoms with van der Waals surface area (Å²) in [4.78, 5) is 10.7. The van der Waals surface area contributed by atoms with Gasteiger partial charge in [0.15, 0.2) is 0 Å². The normalized spacial score (nSPS) is 12.4. The van der Waals surface area contributed by atoms with Crippen LogP contribution in [0.25, 0.3) is 0 Å². The number of aliphatic hydroxyl groups excluding tert-OH is 1. The average Bonchev–Trinajstić information content (AvgIpc) is 2.15. The third-order valence-electron chi connectivity index (χ3n) is 2.37. The number of aliphatic hydroxyl groups is 1. The van der Waals surface area contributed by atoms with Crippen LogP contribution in [0.1, 0.15) is 39.0 Å². The predicted octanol–water partition coefficient (Wildman–Crippen LogP) is 2.21. The standard InChI is InChI=1S/C11H20O3/c1-3-6-10(7-4-5-8-12)9(2)11(13)14/h10,12H,2-8H2,1H3,(H,13,14). The van der Waals surface area contributed by atoms with Crippen molar-refractivity contribution < 1.29 is 15.0 Å². The van der Waals surface area contributed by atoms with E-state index >= 15 is 0 Å². The highest BCUT2D eigenvalue weighted by atomic mass is 16.4. The molecule has 0 aromatic carbocycles. The van der Waals surface area contributed by atoms with Gasteiger partial charge in [-0.3, -0.25) is 0 Å². The minimum atomic E-state index is -0.896. The van der Waals surface area contributed by atoms with Gasteiger partial charge in [0.05, 0.1) is 0 Å². The van der Waals surface area contributed by atoms with E-state index in [-0.39, 0.29) is 12.5 Å². The first-order chi connectivity index (χ1) is 6.63. The van der Waals surface area contributed by atoms with Crippen molar-refractivity contribution in [1.29, 1.82) is 0 Å². The van der Waals surface area contributed by atoms with Crippen molar-refractivity contribution in [2.24, 2.45) is 5.92 Å². The lowest BCUT2D eigenvalue weighted by atomic mass is 9.90. The molecular weight excluding hydrogens is 180 g/mol. The van der Waals surface area contributed by atoms with Crippen LogP contribution in [-0.2, 0) is 4.79 Å². The van der Waals surface area contributed by atoms with Gasteiger partial charge in [-0.2, -0.15) is 0 Å². The minimum absolute atomic E-state index is 0.0732. The summed E-state index contributed by atoms with van der Waals surface area (Å²) < 4.78 is 0. The van der Waals surface area contributed by atoms with E-state index in [2.05, 4.69) is 6.58 Å². The van der Waals surface area contributed by atoms with Crippen molar-refractivity contribution in [3.63, 3.8) is 0 Å². The Morgan fingerprint density at radius 3 is 2.43 bits per heavy atom. The second-order valence-corrected chi connectivity index (χ2v) is 3.54. The molecule has 0 rings (SSSR count). The molecule has 0 radical (unpaired) electrons. The quantitative estimate of drug-likeness (QED) is 0.466. The first-order valence-electron chi connectivity index (χ1n) is 5.16. The number of unbranched alkanes of at least 4 members (excludes halogenated alkanes) is 1. The van der Waals surface area contributed by atoms with E-state index in [9.17, 15) is 4.79 Å². The molecule has 0 saturated carbocycles. The Morgan fingerprint density at radius 2 is 2.00 bits per heavy atom. The van der Waals surface area contributed by atoms with Crippen LogP contribution in [0, 0.1) is 5.92 Å². The number of rotatable bonds is 8. The molecule has 1 unspecified atom stereocenters. The average molecular weight is 200 g/mol. The summed E-state index contributed by atoms with van der Waals surface area (Å²) in [6.07, 6.45) is 4.27. The number of carbonyl (C=O) groups is 1. The second kappa shape index (κ2) is 7.56. The van der Waals surface area contributed by atoms with E-state index in [0.29, 0.717) is 5.57 Å². The Bertz CT molecular complexity index is 187. The summed E-state index contributed by atoms with van der Waals surface area (Å²) in [6, 6.07) is 0. The molecule has 0 aliphatic heterocycles. The maximum atomic E-state index is 10.7. The van der Waals surface area contributed by atoms with Gasteiger partial charge in [0, 0.05) is 12.2 Å². The Kier molecular flexibility index (Phi) is 7.11. The van der Waals surface area contributed by atoms with Crippen LogP contribution in [0.5, 0.6) is 0 Å². The molecule has 0 aliphatic carbocycles. The van der Waals surface area contributed by atoms with E-state index < -0.39 is 5.97 Å². The number of carboxylic acid groups (broad SMARTS) is 1. The molecule has 0 heterocycles. The van der Waals surface area contributed by atoms with Gasteiger partial charge >= 0.3 is 5.97 Å². The zero-order chi connectivity index (χ0) is 11.0. The topological polar surface area (TPSA) is 57.5 Å². The Morgan fingerprint density at radius 1 is 1.36 bits per heavy atom. The summed E-state index contributed by atoms with van der Waals surface area (Å²) in [7, 11) is 0. The van der Waals surface area contributed by atoms with Crippen LogP contribution in [0.15, 0.2) is 12.2 Å². The summed E-state index contributed by atoms with van der Waals surface area (Å²) >= 11 is 0. The monoisotopic (exact) mass is 200 g/mol. The molecule has 0 fully saturated rings. The van der Waals surface area contributed by atoms with Gasteiger partial charge in [0.25, 0.3) is 0 Å². The maximum Gasteiger partial charge on any atom is 0.331 e. The molecule has 0 spiro atoms. The minimum Gasteiger partial charge on any atom is -0.478 e. The van der Waals surface area contributed by atoms with E-state index in [1.807, 2.05) is 6.92 Å². The SMILES string of the molecule is C=C(C(=O)O)C(CCC)CCCCO. The highest BCUT2D eigenvalue weighted by Gasteiger charge is 2.16. The molecular formula is C11H20O3. The molecule has 3 heteroatoms. The molecule has 14 heavy (non-hydrogen) atoms. The van der Waals surface area contributed by atoms with Gasteiger partial charge in [-0.25, -0.2) is 4.79 Å². The number of hydrogen-bond acceptors (Lipinski definition) is 2. The highest BCUT2D eigenvalue weighted by Crippen LogP contribution is 2.22. The van der Waals surface area contributed by atoms with Crippen LogP contribution in [0.2, 0.25) is 0 Å². The van der Waals surface area contributed by atoms with Crippen molar-refractivity contribution in [1.82, 2.24) is 0 Å². The highest BCUT2D eigenvalue weighted by molar-refractivity contribution is 5.86. The van der Waals surface area contributed by atoms with E-state index in [4.69, 9.17) is 10.2 Å². The van der Waals surface area contributed by atoms with Crippen LogP contribution >= 0.6 is 0 Å². The number of aliphatic carboxylic acids is 1. The molecule has 0 saturated heterocycles. The maximum absolute atomic E-state index is 10.7. The fourth-order valence-corrected chi connectivity index (χ4v) is 1.52. The van der Waals surface area contributed by atoms with Crippen molar-refractivity contribution in [2.45, 2.75) is 39.0 Å². The molecule has 0 amide bonds. The summed E-state index contributed by atoms with van der Waals surface area (Å²) in [5.74, 6) is -0.823. The molecule has 2 N–H and O–H groups in total. The zero-order valence-corrected chi connectivity index (χ0v) is 8.83. The molecule has 3 nitrogen and oxygen atoms in total. The van der Waals surface area contributed by atoms with E-state index in [1.54, 1.807) is 0 Å². The first kappa shape index (κ1) is 13.2. The van der Waals surface area contributed by atoms with E-state index in [0.717, 1.165) is 32.1 Å². The molecule has 0 aromatic heterocycles. The van der Waals surface area contributed by atoms with Crippen molar-refractivity contribution in [3.8, 4) is 0 Å². The van der Waals surface area contributed by atoms with Crippen molar-refractivity contribution in [2.75, 3.05) is 6.61 Å².